The van der Waals surface area contributed by atoms with Crippen LogP contribution in [0.1, 0.15) is 67.2 Å². The molecule has 3 atom stereocenters. The first kappa shape index (κ1) is 16.0. The number of nitrogens with one attached hydrogen (secondary N) is 1. The molecule has 108 valence electrons. The van der Waals surface area contributed by atoms with Crippen molar-refractivity contribution in [3.05, 3.63) is 0 Å². The maximum Gasteiger partial charge on any atom is 0.0669 e. The lowest BCUT2D eigenvalue weighted by molar-refractivity contribution is 0.0993. The molecule has 2 heteroatoms. The lowest BCUT2D eigenvalue weighted by Gasteiger charge is -2.39. The van der Waals surface area contributed by atoms with Crippen LogP contribution in [-0.4, -0.2) is 23.8 Å². The quantitative estimate of drug-likeness (QED) is 0.804. The predicted molar refractivity (Wildman–Crippen MR) is 78.7 cm³/mol. The zero-order chi connectivity index (χ0) is 14.0. The van der Waals surface area contributed by atoms with E-state index in [9.17, 15) is 5.11 Å². The number of aliphatic hydroxyl groups excluding tert-OH is 1. The molecule has 1 fully saturated rings. The van der Waals surface area contributed by atoms with E-state index >= 15 is 0 Å². The molecule has 0 aromatic carbocycles. The van der Waals surface area contributed by atoms with Crippen molar-refractivity contribution < 1.29 is 5.11 Å². The Labute approximate surface area is 114 Å². The standard InChI is InChI=1S/C16H33NO/c1-12-7-13(9-16(5,6)8-12)17-11-14(18)10-15(2,3)4/h12-14,17-18H,7-11H2,1-6H3. The highest BCUT2D eigenvalue weighted by atomic mass is 16.3. The molecule has 1 rings (SSSR count). The molecule has 1 saturated carbocycles. The van der Waals surface area contributed by atoms with Gasteiger partial charge in [-0.2, -0.15) is 0 Å². The molecule has 0 amide bonds. The van der Waals surface area contributed by atoms with Crippen LogP contribution in [0.3, 0.4) is 0 Å². The van der Waals surface area contributed by atoms with Gasteiger partial charge in [-0.15, -0.1) is 0 Å². The molecular formula is C16H33NO. The molecule has 3 unspecified atom stereocenters. The highest BCUT2D eigenvalue weighted by Gasteiger charge is 2.32. The summed E-state index contributed by atoms with van der Waals surface area (Å²) in [5.74, 6) is 0.797. The third kappa shape index (κ3) is 6.19. The Morgan fingerprint density at radius 3 is 2.39 bits per heavy atom. The van der Waals surface area contributed by atoms with Crippen LogP contribution >= 0.6 is 0 Å². The second kappa shape index (κ2) is 5.92. The number of rotatable bonds is 4. The summed E-state index contributed by atoms with van der Waals surface area (Å²) >= 11 is 0. The molecule has 0 aromatic heterocycles. The van der Waals surface area contributed by atoms with Gasteiger partial charge in [0.1, 0.15) is 0 Å². The predicted octanol–water partition coefficient (Wildman–Crippen LogP) is 3.59. The van der Waals surface area contributed by atoms with E-state index in [1.165, 1.54) is 19.3 Å². The molecule has 0 bridgehead atoms. The summed E-state index contributed by atoms with van der Waals surface area (Å²) < 4.78 is 0. The fourth-order valence-electron chi connectivity index (χ4n) is 3.58. The Hall–Kier alpha value is -0.0800. The van der Waals surface area contributed by atoms with E-state index in [0.717, 1.165) is 18.9 Å². The average Bonchev–Trinajstić information content (AvgIpc) is 2.08. The Balaban J connectivity index is 2.34. The summed E-state index contributed by atoms with van der Waals surface area (Å²) in [4.78, 5) is 0. The average molecular weight is 255 g/mol. The highest BCUT2D eigenvalue weighted by molar-refractivity contribution is 4.87. The molecule has 18 heavy (non-hydrogen) atoms. The maximum absolute atomic E-state index is 10.0. The normalized spacial score (nSPS) is 30.2. The molecule has 2 N–H and O–H groups in total. The summed E-state index contributed by atoms with van der Waals surface area (Å²) in [6.45, 7) is 14.4. The van der Waals surface area contributed by atoms with Crippen molar-refractivity contribution in [2.24, 2.45) is 16.7 Å². The molecule has 0 saturated heterocycles. The summed E-state index contributed by atoms with van der Waals surface area (Å²) in [5.41, 5.74) is 0.657. The van der Waals surface area contributed by atoms with Gasteiger partial charge in [0.05, 0.1) is 6.10 Å². The van der Waals surface area contributed by atoms with Gasteiger partial charge in [-0.25, -0.2) is 0 Å². The minimum Gasteiger partial charge on any atom is -0.392 e. The zero-order valence-electron chi connectivity index (χ0n) is 13.2. The molecule has 0 aromatic rings. The van der Waals surface area contributed by atoms with Gasteiger partial charge < -0.3 is 10.4 Å². The lowest BCUT2D eigenvalue weighted by atomic mass is 9.70. The van der Waals surface area contributed by atoms with Gasteiger partial charge in [-0.05, 0) is 42.4 Å². The van der Waals surface area contributed by atoms with Crippen molar-refractivity contribution in [2.75, 3.05) is 6.54 Å². The maximum atomic E-state index is 10.0. The third-order valence-electron chi connectivity index (χ3n) is 3.88. The number of aliphatic hydroxyl groups is 1. The van der Waals surface area contributed by atoms with Crippen molar-refractivity contribution >= 4 is 0 Å². The third-order valence-corrected chi connectivity index (χ3v) is 3.88. The van der Waals surface area contributed by atoms with E-state index in [-0.39, 0.29) is 11.5 Å². The van der Waals surface area contributed by atoms with Crippen LogP contribution in [0.2, 0.25) is 0 Å². The van der Waals surface area contributed by atoms with Crippen LogP contribution in [0.5, 0.6) is 0 Å². The Morgan fingerprint density at radius 1 is 1.28 bits per heavy atom. The van der Waals surface area contributed by atoms with Gasteiger partial charge in [0.15, 0.2) is 0 Å². The van der Waals surface area contributed by atoms with E-state index in [1.807, 2.05) is 0 Å². The van der Waals surface area contributed by atoms with Gasteiger partial charge in [-0.1, -0.05) is 41.5 Å². The van der Waals surface area contributed by atoms with Crippen molar-refractivity contribution in [1.29, 1.82) is 0 Å². The number of hydrogen-bond donors (Lipinski definition) is 2. The van der Waals surface area contributed by atoms with Crippen LogP contribution in [0.4, 0.5) is 0 Å². The van der Waals surface area contributed by atoms with Gasteiger partial charge in [-0.3, -0.25) is 0 Å². The Bertz CT molecular complexity index is 254. The smallest absolute Gasteiger partial charge is 0.0669 e. The molecule has 1 aliphatic rings. The Kier molecular flexibility index (Phi) is 5.25. The van der Waals surface area contributed by atoms with Gasteiger partial charge in [0.25, 0.3) is 0 Å². The highest BCUT2D eigenvalue weighted by Crippen LogP contribution is 2.38. The first-order valence-corrected chi connectivity index (χ1v) is 7.49. The zero-order valence-corrected chi connectivity index (χ0v) is 13.2. The first-order chi connectivity index (χ1) is 8.07. The number of hydrogen-bond acceptors (Lipinski definition) is 2. The SMILES string of the molecule is CC1CC(NCC(O)CC(C)(C)C)CC(C)(C)C1. The molecular weight excluding hydrogens is 222 g/mol. The van der Waals surface area contributed by atoms with Gasteiger partial charge in [0, 0.05) is 12.6 Å². The first-order valence-electron chi connectivity index (χ1n) is 7.49. The van der Waals surface area contributed by atoms with E-state index < -0.39 is 0 Å². The molecule has 0 spiro atoms. The summed E-state index contributed by atoms with van der Waals surface area (Å²) in [5, 5.41) is 13.6. The Morgan fingerprint density at radius 2 is 1.89 bits per heavy atom. The van der Waals surface area contributed by atoms with Gasteiger partial charge in [0.2, 0.25) is 0 Å². The van der Waals surface area contributed by atoms with Crippen LogP contribution in [0, 0.1) is 16.7 Å². The van der Waals surface area contributed by atoms with E-state index in [0.29, 0.717) is 11.5 Å². The largest absolute Gasteiger partial charge is 0.392 e. The minimum atomic E-state index is -0.217. The van der Waals surface area contributed by atoms with E-state index in [2.05, 4.69) is 46.9 Å². The van der Waals surface area contributed by atoms with E-state index in [1.54, 1.807) is 0 Å². The minimum absolute atomic E-state index is 0.209. The second-order valence-electron chi connectivity index (χ2n) is 8.44. The van der Waals surface area contributed by atoms with Crippen LogP contribution in [0.25, 0.3) is 0 Å². The summed E-state index contributed by atoms with van der Waals surface area (Å²) in [6.07, 6.45) is 4.47. The molecule has 2 nitrogen and oxygen atoms in total. The van der Waals surface area contributed by atoms with Crippen molar-refractivity contribution in [3.63, 3.8) is 0 Å². The lowest BCUT2D eigenvalue weighted by Crippen LogP contribution is -2.43. The molecule has 0 radical (unpaired) electrons. The van der Waals surface area contributed by atoms with Crippen LogP contribution in [0.15, 0.2) is 0 Å². The fourth-order valence-corrected chi connectivity index (χ4v) is 3.58. The van der Waals surface area contributed by atoms with Gasteiger partial charge >= 0.3 is 0 Å². The fraction of sp³-hybridized carbons (Fsp3) is 1.00. The molecule has 0 aliphatic heterocycles. The molecule has 1 aliphatic carbocycles. The molecule has 0 heterocycles. The topological polar surface area (TPSA) is 32.3 Å². The van der Waals surface area contributed by atoms with Crippen LogP contribution in [-0.2, 0) is 0 Å². The van der Waals surface area contributed by atoms with Crippen molar-refractivity contribution in [3.8, 4) is 0 Å². The van der Waals surface area contributed by atoms with Crippen LogP contribution < -0.4 is 5.32 Å². The van der Waals surface area contributed by atoms with E-state index in [4.69, 9.17) is 0 Å². The van der Waals surface area contributed by atoms with Crippen molar-refractivity contribution in [1.82, 2.24) is 5.32 Å². The van der Waals surface area contributed by atoms with Crippen molar-refractivity contribution in [2.45, 2.75) is 79.4 Å². The monoisotopic (exact) mass is 255 g/mol. The second-order valence-corrected chi connectivity index (χ2v) is 8.44. The summed E-state index contributed by atoms with van der Waals surface area (Å²) in [7, 11) is 0. The summed E-state index contributed by atoms with van der Waals surface area (Å²) in [6, 6.07) is 0.582.